The Morgan fingerprint density at radius 1 is 1.09 bits per heavy atom. The highest BCUT2D eigenvalue weighted by molar-refractivity contribution is 6.30. The fourth-order valence-corrected chi connectivity index (χ4v) is 3.84. The van der Waals surface area contributed by atoms with E-state index in [0.717, 1.165) is 0 Å². The Kier molecular flexibility index (Phi) is 7.69. The summed E-state index contributed by atoms with van der Waals surface area (Å²) in [5.74, 6) is -1.32. The first-order valence-electron chi connectivity index (χ1n) is 10.9. The van der Waals surface area contributed by atoms with E-state index in [-0.39, 0.29) is 13.1 Å². The SMILES string of the molecule is COCCNC(=O)[C@@H](c1ccc(Cl)cc1)N(C(=O)Cn1nnc2ccccc21)c1ccc(F)cc1. The Morgan fingerprint density at radius 2 is 1.80 bits per heavy atom. The molecule has 0 saturated carbocycles. The molecule has 0 aliphatic carbocycles. The average molecular weight is 496 g/mol. The van der Waals surface area contributed by atoms with Gasteiger partial charge in [-0.15, -0.1) is 5.10 Å². The quantitative estimate of drug-likeness (QED) is 0.357. The summed E-state index contributed by atoms with van der Waals surface area (Å²) < 4.78 is 20.2. The predicted molar refractivity (Wildman–Crippen MR) is 130 cm³/mol. The lowest BCUT2D eigenvalue weighted by Gasteiger charge is -2.31. The largest absolute Gasteiger partial charge is 0.383 e. The van der Waals surface area contributed by atoms with Crippen LogP contribution in [0, 0.1) is 5.82 Å². The summed E-state index contributed by atoms with van der Waals surface area (Å²) in [4.78, 5) is 28.5. The number of rotatable bonds is 9. The van der Waals surface area contributed by atoms with E-state index in [2.05, 4.69) is 15.6 Å². The Labute approximate surface area is 206 Å². The van der Waals surface area contributed by atoms with Crippen LogP contribution in [-0.4, -0.2) is 47.1 Å². The third kappa shape index (κ3) is 5.64. The summed E-state index contributed by atoms with van der Waals surface area (Å²) in [6, 6.07) is 18.2. The molecule has 2 amide bonds. The molecule has 35 heavy (non-hydrogen) atoms. The van der Waals surface area contributed by atoms with Crippen molar-refractivity contribution in [2.75, 3.05) is 25.2 Å². The van der Waals surface area contributed by atoms with E-state index in [1.807, 2.05) is 12.1 Å². The van der Waals surface area contributed by atoms with Crippen molar-refractivity contribution in [1.82, 2.24) is 20.3 Å². The van der Waals surface area contributed by atoms with Crippen molar-refractivity contribution in [1.29, 1.82) is 0 Å². The van der Waals surface area contributed by atoms with Crippen LogP contribution < -0.4 is 10.2 Å². The second-order valence-corrected chi connectivity index (χ2v) is 8.15. The highest BCUT2D eigenvalue weighted by Gasteiger charge is 2.33. The Morgan fingerprint density at radius 3 is 2.51 bits per heavy atom. The number of nitrogens with zero attached hydrogens (tertiary/aromatic N) is 4. The number of aromatic nitrogens is 3. The van der Waals surface area contributed by atoms with Crippen LogP contribution in [-0.2, 0) is 20.9 Å². The van der Waals surface area contributed by atoms with Gasteiger partial charge in [-0.25, -0.2) is 9.07 Å². The molecule has 0 spiro atoms. The summed E-state index contributed by atoms with van der Waals surface area (Å²) >= 11 is 6.07. The number of ether oxygens (including phenoxy) is 1. The average Bonchev–Trinajstić information content (AvgIpc) is 3.27. The smallest absolute Gasteiger partial charge is 0.249 e. The number of carbonyl (C=O) groups excluding carboxylic acids is 2. The number of anilines is 1. The van der Waals surface area contributed by atoms with Crippen LogP contribution in [0.25, 0.3) is 11.0 Å². The van der Waals surface area contributed by atoms with E-state index >= 15 is 0 Å². The lowest BCUT2D eigenvalue weighted by Crippen LogP contribution is -2.46. The monoisotopic (exact) mass is 495 g/mol. The lowest BCUT2D eigenvalue weighted by atomic mass is 10.0. The van der Waals surface area contributed by atoms with E-state index in [4.69, 9.17) is 16.3 Å². The summed E-state index contributed by atoms with van der Waals surface area (Å²) in [7, 11) is 1.53. The molecule has 1 heterocycles. The van der Waals surface area contributed by atoms with Crippen molar-refractivity contribution in [3.05, 3.63) is 89.2 Å². The minimum atomic E-state index is -1.06. The molecule has 1 atom stereocenters. The van der Waals surface area contributed by atoms with Gasteiger partial charge in [-0.1, -0.05) is 41.1 Å². The fraction of sp³-hybridized carbons (Fsp3) is 0.200. The van der Waals surface area contributed by atoms with Crippen LogP contribution >= 0.6 is 11.6 Å². The minimum Gasteiger partial charge on any atom is -0.383 e. The molecule has 1 aromatic heterocycles. The molecule has 0 aliphatic rings. The first-order chi connectivity index (χ1) is 17.0. The molecule has 180 valence electrons. The zero-order valence-electron chi connectivity index (χ0n) is 18.9. The lowest BCUT2D eigenvalue weighted by molar-refractivity contribution is -0.127. The summed E-state index contributed by atoms with van der Waals surface area (Å²) in [6.45, 7) is 0.362. The molecule has 8 nitrogen and oxygen atoms in total. The maximum absolute atomic E-state index is 13.8. The number of hydrogen-bond acceptors (Lipinski definition) is 5. The molecule has 0 bridgehead atoms. The van der Waals surface area contributed by atoms with Gasteiger partial charge in [0.2, 0.25) is 11.8 Å². The van der Waals surface area contributed by atoms with Crippen LogP contribution in [0.5, 0.6) is 0 Å². The topological polar surface area (TPSA) is 89.4 Å². The Bertz CT molecular complexity index is 1310. The van der Waals surface area contributed by atoms with Gasteiger partial charge in [-0.2, -0.15) is 0 Å². The fourth-order valence-electron chi connectivity index (χ4n) is 3.71. The first-order valence-corrected chi connectivity index (χ1v) is 11.2. The molecule has 0 radical (unpaired) electrons. The number of benzene rings is 3. The molecule has 10 heteroatoms. The third-order valence-corrected chi connectivity index (χ3v) is 5.63. The summed E-state index contributed by atoms with van der Waals surface area (Å²) in [5.41, 5.74) is 2.20. The van der Waals surface area contributed by atoms with Crippen LogP contribution in [0.4, 0.5) is 10.1 Å². The summed E-state index contributed by atoms with van der Waals surface area (Å²) in [5, 5.41) is 11.5. The van der Waals surface area contributed by atoms with Crippen molar-refractivity contribution in [2.24, 2.45) is 0 Å². The van der Waals surface area contributed by atoms with Gasteiger partial charge < -0.3 is 10.1 Å². The van der Waals surface area contributed by atoms with Crippen molar-refractivity contribution in [3.8, 4) is 0 Å². The van der Waals surface area contributed by atoms with E-state index in [0.29, 0.717) is 33.9 Å². The van der Waals surface area contributed by atoms with Crippen LogP contribution in [0.3, 0.4) is 0 Å². The van der Waals surface area contributed by atoms with Gasteiger partial charge in [0.05, 0.1) is 12.1 Å². The van der Waals surface area contributed by atoms with Crippen LogP contribution in [0.2, 0.25) is 5.02 Å². The molecule has 1 N–H and O–H groups in total. The number of carbonyl (C=O) groups is 2. The van der Waals surface area contributed by atoms with Crippen LogP contribution in [0.15, 0.2) is 72.8 Å². The van der Waals surface area contributed by atoms with Crippen molar-refractivity contribution >= 4 is 40.1 Å². The van der Waals surface area contributed by atoms with Gasteiger partial charge in [0, 0.05) is 24.4 Å². The highest BCUT2D eigenvalue weighted by atomic mass is 35.5. The van der Waals surface area contributed by atoms with Gasteiger partial charge in [0.1, 0.15) is 23.9 Å². The predicted octanol–water partition coefficient (Wildman–Crippen LogP) is 3.76. The van der Waals surface area contributed by atoms with Crippen molar-refractivity contribution in [3.63, 3.8) is 0 Å². The second kappa shape index (κ2) is 11.1. The molecular formula is C25H23ClFN5O3. The number of hydrogen-bond donors (Lipinski definition) is 1. The molecular weight excluding hydrogens is 473 g/mol. The van der Waals surface area contributed by atoms with E-state index in [9.17, 15) is 14.0 Å². The summed E-state index contributed by atoms with van der Waals surface area (Å²) in [6.07, 6.45) is 0. The molecule has 4 aromatic rings. The third-order valence-electron chi connectivity index (χ3n) is 5.38. The number of fused-ring (bicyclic) bond motifs is 1. The Balaban J connectivity index is 1.76. The molecule has 0 fully saturated rings. The molecule has 4 rings (SSSR count). The van der Waals surface area contributed by atoms with E-state index in [1.54, 1.807) is 36.4 Å². The van der Waals surface area contributed by atoms with Crippen molar-refractivity contribution in [2.45, 2.75) is 12.6 Å². The standard InChI is InChI=1S/C25H23ClFN5O3/c1-35-15-14-28-25(34)24(17-6-8-18(26)9-7-17)32(20-12-10-19(27)11-13-20)23(33)16-31-22-5-3-2-4-21(22)29-30-31/h2-13,24H,14-16H2,1H3,(H,28,34)/t24-/m1/s1. The second-order valence-electron chi connectivity index (χ2n) is 7.71. The number of methoxy groups -OCH3 is 1. The maximum Gasteiger partial charge on any atom is 0.249 e. The number of halogens is 2. The number of amides is 2. The van der Waals surface area contributed by atoms with E-state index < -0.39 is 23.7 Å². The molecule has 0 aliphatic heterocycles. The van der Waals surface area contributed by atoms with Gasteiger partial charge in [-0.05, 0) is 54.1 Å². The first kappa shape index (κ1) is 24.3. The molecule has 0 unspecified atom stereocenters. The van der Waals surface area contributed by atoms with E-state index in [1.165, 1.54) is 41.0 Å². The van der Waals surface area contributed by atoms with Gasteiger partial charge >= 0.3 is 0 Å². The van der Waals surface area contributed by atoms with Gasteiger partial charge in [0.15, 0.2) is 0 Å². The normalized spacial score (nSPS) is 11.9. The number of nitrogens with one attached hydrogen (secondary N) is 1. The molecule has 3 aromatic carbocycles. The Hall–Kier alpha value is -3.82. The zero-order chi connectivity index (χ0) is 24.8. The van der Waals surface area contributed by atoms with Gasteiger partial charge in [0.25, 0.3) is 0 Å². The van der Waals surface area contributed by atoms with Crippen LogP contribution in [0.1, 0.15) is 11.6 Å². The maximum atomic E-state index is 13.8. The number of para-hydroxylation sites is 1. The highest BCUT2D eigenvalue weighted by Crippen LogP contribution is 2.30. The molecule has 0 saturated heterocycles. The van der Waals surface area contributed by atoms with Crippen molar-refractivity contribution < 1.29 is 18.7 Å². The minimum absolute atomic E-state index is 0.187. The van der Waals surface area contributed by atoms with Gasteiger partial charge in [-0.3, -0.25) is 14.5 Å². The zero-order valence-corrected chi connectivity index (χ0v) is 19.7.